The predicted molar refractivity (Wildman–Crippen MR) is 132 cm³/mol. The van der Waals surface area contributed by atoms with Gasteiger partial charge >= 0.3 is 0 Å². The summed E-state index contributed by atoms with van der Waals surface area (Å²) in [6.07, 6.45) is 3.46. The van der Waals surface area contributed by atoms with Crippen LogP contribution in [0.5, 0.6) is 0 Å². The first kappa shape index (κ1) is 21.4. The summed E-state index contributed by atoms with van der Waals surface area (Å²) in [4.78, 5) is 18.4. The third kappa shape index (κ3) is 4.40. The lowest BCUT2D eigenvalue weighted by molar-refractivity contribution is -0.116. The maximum Gasteiger partial charge on any atom is 0.247 e. The van der Waals surface area contributed by atoms with Crippen LogP contribution < -0.4 is 5.32 Å². The summed E-state index contributed by atoms with van der Waals surface area (Å²) in [6.45, 7) is 4.55. The van der Waals surface area contributed by atoms with Crippen molar-refractivity contribution in [3.05, 3.63) is 82.1 Å². The van der Waals surface area contributed by atoms with Gasteiger partial charge in [0.15, 0.2) is 11.5 Å². The number of anilines is 1. The highest BCUT2D eigenvalue weighted by molar-refractivity contribution is 7.13. The van der Waals surface area contributed by atoms with E-state index in [2.05, 4.69) is 32.6 Å². The molecular formula is C24H21ClN6OS. The number of rotatable bonds is 6. The minimum atomic E-state index is -0.273. The number of nitrogens with zero attached hydrogens (tertiary/aromatic N) is 5. The Kier molecular flexibility index (Phi) is 5.70. The molecule has 0 saturated heterocycles. The van der Waals surface area contributed by atoms with Crippen molar-refractivity contribution in [2.45, 2.75) is 26.9 Å². The van der Waals surface area contributed by atoms with Crippen LogP contribution in [-0.2, 0) is 17.9 Å². The molecule has 0 aliphatic heterocycles. The van der Waals surface area contributed by atoms with Crippen molar-refractivity contribution in [2.75, 3.05) is 5.32 Å². The molecule has 1 aromatic carbocycles. The normalized spacial score (nSPS) is 11.2. The smallest absolute Gasteiger partial charge is 0.247 e. The molecule has 5 aromatic rings. The fourth-order valence-corrected chi connectivity index (χ4v) is 4.85. The summed E-state index contributed by atoms with van der Waals surface area (Å²) >= 11 is 8.00. The minimum Gasteiger partial charge on any atom is -0.306 e. The molecule has 4 heterocycles. The summed E-state index contributed by atoms with van der Waals surface area (Å²) < 4.78 is 3.34. The van der Waals surface area contributed by atoms with Crippen molar-refractivity contribution in [3.63, 3.8) is 0 Å². The Balaban J connectivity index is 1.35. The third-order valence-electron chi connectivity index (χ3n) is 5.29. The van der Waals surface area contributed by atoms with E-state index in [0.29, 0.717) is 23.0 Å². The highest BCUT2D eigenvalue weighted by Crippen LogP contribution is 2.32. The van der Waals surface area contributed by atoms with Crippen LogP contribution in [0.25, 0.3) is 21.5 Å². The Labute approximate surface area is 199 Å². The predicted octanol–water partition coefficient (Wildman–Crippen LogP) is 5.31. The number of carbonyl (C=O) groups is 1. The molecule has 0 unspecified atom stereocenters. The highest BCUT2D eigenvalue weighted by Gasteiger charge is 2.18. The molecule has 0 atom stereocenters. The van der Waals surface area contributed by atoms with E-state index in [1.54, 1.807) is 33.1 Å². The highest BCUT2D eigenvalue weighted by atomic mass is 35.5. The van der Waals surface area contributed by atoms with E-state index >= 15 is 0 Å². The molecule has 1 N–H and O–H groups in total. The van der Waals surface area contributed by atoms with Gasteiger partial charge in [-0.25, -0.2) is 9.67 Å². The van der Waals surface area contributed by atoms with Crippen LogP contribution in [0, 0.1) is 13.8 Å². The number of fused-ring (bicyclic) bond motifs is 1. The van der Waals surface area contributed by atoms with Crippen molar-refractivity contribution in [3.8, 4) is 10.4 Å². The number of nitrogens with one attached hydrogen (secondary N) is 1. The fourth-order valence-electron chi connectivity index (χ4n) is 3.90. The number of pyridine rings is 1. The van der Waals surface area contributed by atoms with Gasteiger partial charge in [0.05, 0.1) is 17.6 Å². The van der Waals surface area contributed by atoms with Crippen molar-refractivity contribution in [2.24, 2.45) is 0 Å². The van der Waals surface area contributed by atoms with E-state index in [9.17, 15) is 4.79 Å². The number of thiophene rings is 1. The monoisotopic (exact) mass is 476 g/mol. The summed E-state index contributed by atoms with van der Waals surface area (Å²) in [6, 6.07) is 14.2. The number of aryl methyl sites for hydroxylation is 2. The molecule has 4 aromatic heterocycles. The van der Waals surface area contributed by atoms with Crippen molar-refractivity contribution >= 4 is 45.7 Å². The van der Waals surface area contributed by atoms with E-state index in [4.69, 9.17) is 11.6 Å². The number of aromatic nitrogens is 5. The van der Waals surface area contributed by atoms with Gasteiger partial charge < -0.3 is 5.32 Å². The van der Waals surface area contributed by atoms with Crippen LogP contribution in [0.4, 0.5) is 5.82 Å². The molecule has 1 amide bonds. The lowest BCUT2D eigenvalue weighted by Crippen LogP contribution is -2.20. The maximum absolute atomic E-state index is 12.8. The van der Waals surface area contributed by atoms with Crippen LogP contribution in [0.3, 0.4) is 0 Å². The van der Waals surface area contributed by atoms with Gasteiger partial charge in [-0.1, -0.05) is 47.5 Å². The lowest BCUT2D eigenvalue weighted by Gasteiger charge is -2.05. The Bertz CT molecular complexity index is 1450. The quantitative estimate of drug-likeness (QED) is 0.360. The van der Waals surface area contributed by atoms with Crippen molar-refractivity contribution in [1.82, 2.24) is 24.5 Å². The average Bonchev–Trinajstić information content (AvgIpc) is 3.49. The molecule has 0 radical (unpaired) electrons. The van der Waals surface area contributed by atoms with Crippen LogP contribution in [0.1, 0.15) is 16.8 Å². The first-order valence-electron chi connectivity index (χ1n) is 10.4. The number of amides is 1. The first-order valence-corrected chi connectivity index (χ1v) is 11.7. The zero-order valence-electron chi connectivity index (χ0n) is 18.1. The molecule has 33 heavy (non-hydrogen) atoms. The molecule has 0 spiro atoms. The van der Waals surface area contributed by atoms with Crippen LogP contribution in [0.15, 0.2) is 60.2 Å². The van der Waals surface area contributed by atoms with E-state index in [0.717, 1.165) is 27.1 Å². The standard InChI is InChI=1S/C24H21ClN6OS/c1-15-5-3-6-17(11-15)12-30-13-19(25)23(29-30)27-21(32)14-31-24-22(16(2)28-31)18(8-9-26-24)20-7-4-10-33-20/h3-11,13H,12,14H2,1-2H3,(H,27,29,32). The van der Waals surface area contributed by atoms with Crippen LogP contribution in [0.2, 0.25) is 5.02 Å². The zero-order valence-corrected chi connectivity index (χ0v) is 19.7. The summed E-state index contributed by atoms with van der Waals surface area (Å²) in [5, 5.41) is 15.2. The molecule has 7 nitrogen and oxygen atoms in total. The number of carbonyl (C=O) groups excluding carboxylic acids is 1. The second kappa shape index (κ2) is 8.80. The van der Waals surface area contributed by atoms with Gasteiger partial charge in [0.1, 0.15) is 11.6 Å². The average molecular weight is 477 g/mol. The Morgan fingerprint density at radius 1 is 1.15 bits per heavy atom. The van der Waals surface area contributed by atoms with E-state index in [1.165, 1.54) is 5.56 Å². The Hall–Kier alpha value is -3.49. The van der Waals surface area contributed by atoms with Gasteiger partial charge in [-0.3, -0.25) is 9.48 Å². The van der Waals surface area contributed by atoms with E-state index < -0.39 is 0 Å². The number of hydrogen-bond donors (Lipinski definition) is 1. The molecule has 0 aliphatic rings. The van der Waals surface area contributed by atoms with Gasteiger partial charge in [0.2, 0.25) is 5.91 Å². The molecular weight excluding hydrogens is 456 g/mol. The van der Waals surface area contributed by atoms with Gasteiger partial charge in [-0.2, -0.15) is 10.2 Å². The minimum absolute atomic E-state index is 0.00625. The second-order valence-corrected chi connectivity index (χ2v) is 9.19. The Morgan fingerprint density at radius 2 is 2.03 bits per heavy atom. The SMILES string of the molecule is Cc1cccc(Cn2cc(Cl)c(NC(=O)Cn3nc(C)c4c(-c5cccs5)ccnc43)n2)c1. The molecule has 0 aliphatic carbocycles. The first-order chi connectivity index (χ1) is 16.0. The summed E-state index contributed by atoms with van der Waals surface area (Å²) in [7, 11) is 0. The van der Waals surface area contributed by atoms with Crippen LogP contribution in [-0.4, -0.2) is 30.5 Å². The molecule has 0 fully saturated rings. The van der Waals surface area contributed by atoms with Gasteiger partial charge in [0, 0.05) is 22.8 Å². The Morgan fingerprint density at radius 3 is 2.82 bits per heavy atom. The summed E-state index contributed by atoms with van der Waals surface area (Å²) in [5.74, 6) is 0.0557. The van der Waals surface area contributed by atoms with E-state index in [-0.39, 0.29) is 12.5 Å². The van der Waals surface area contributed by atoms with Crippen LogP contribution >= 0.6 is 22.9 Å². The van der Waals surface area contributed by atoms with Gasteiger partial charge in [-0.15, -0.1) is 11.3 Å². The lowest BCUT2D eigenvalue weighted by atomic mass is 10.1. The maximum atomic E-state index is 12.8. The zero-order chi connectivity index (χ0) is 22.9. The summed E-state index contributed by atoms with van der Waals surface area (Å²) in [5.41, 5.74) is 4.85. The largest absolute Gasteiger partial charge is 0.306 e. The topological polar surface area (TPSA) is 77.6 Å². The van der Waals surface area contributed by atoms with Crippen molar-refractivity contribution in [1.29, 1.82) is 0 Å². The molecule has 5 rings (SSSR count). The van der Waals surface area contributed by atoms with Gasteiger partial charge in [-0.05, 0) is 36.9 Å². The molecule has 0 saturated carbocycles. The van der Waals surface area contributed by atoms with Gasteiger partial charge in [0.25, 0.3) is 0 Å². The number of benzene rings is 1. The molecule has 166 valence electrons. The fraction of sp³-hybridized carbons (Fsp3) is 0.167. The van der Waals surface area contributed by atoms with E-state index in [1.807, 2.05) is 49.6 Å². The number of halogens is 1. The second-order valence-electron chi connectivity index (χ2n) is 7.84. The molecule has 0 bridgehead atoms. The third-order valence-corrected chi connectivity index (χ3v) is 6.47. The molecule has 9 heteroatoms. The van der Waals surface area contributed by atoms with Crippen molar-refractivity contribution < 1.29 is 4.79 Å². The number of hydrogen-bond acceptors (Lipinski definition) is 5.